The number of esters is 1. The van der Waals surface area contributed by atoms with Gasteiger partial charge in [0.1, 0.15) is 6.61 Å². The molecule has 4 nitrogen and oxygen atoms in total. The monoisotopic (exact) mass is 303 g/mol. The molecule has 0 saturated carbocycles. The Labute approximate surface area is 127 Å². The van der Waals surface area contributed by atoms with Gasteiger partial charge < -0.3 is 10.1 Å². The second-order valence-electron chi connectivity index (χ2n) is 4.46. The Kier molecular flexibility index (Phi) is 4.95. The summed E-state index contributed by atoms with van der Waals surface area (Å²) in [7, 11) is 0. The van der Waals surface area contributed by atoms with Crippen molar-refractivity contribution in [3.63, 3.8) is 0 Å². The molecular formula is C16H14ClNO3. The number of amides is 1. The van der Waals surface area contributed by atoms with Crippen molar-refractivity contribution in [3.05, 3.63) is 64.7 Å². The maximum Gasteiger partial charge on any atom is 0.338 e. The third-order valence-electron chi connectivity index (χ3n) is 2.70. The van der Waals surface area contributed by atoms with Crippen LogP contribution in [0.2, 0.25) is 5.02 Å². The molecule has 1 N–H and O–H groups in total. The van der Waals surface area contributed by atoms with Crippen molar-refractivity contribution in [3.8, 4) is 0 Å². The summed E-state index contributed by atoms with van der Waals surface area (Å²) in [6.07, 6.45) is 0. The maximum atomic E-state index is 12.0. The van der Waals surface area contributed by atoms with Crippen LogP contribution in [-0.2, 0) is 16.1 Å². The van der Waals surface area contributed by atoms with E-state index < -0.39 is 5.97 Å². The minimum atomic E-state index is -0.447. The highest BCUT2D eigenvalue weighted by atomic mass is 35.5. The van der Waals surface area contributed by atoms with E-state index in [4.69, 9.17) is 16.3 Å². The van der Waals surface area contributed by atoms with E-state index in [1.807, 2.05) is 0 Å². The van der Waals surface area contributed by atoms with Crippen LogP contribution in [0.1, 0.15) is 22.8 Å². The summed E-state index contributed by atoms with van der Waals surface area (Å²) >= 11 is 5.79. The molecule has 2 rings (SSSR count). The number of carbonyl (C=O) groups excluding carboxylic acids is 2. The van der Waals surface area contributed by atoms with Crippen molar-refractivity contribution in [2.75, 3.05) is 5.32 Å². The van der Waals surface area contributed by atoms with Crippen LogP contribution in [0.3, 0.4) is 0 Å². The van der Waals surface area contributed by atoms with Gasteiger partial charge in [0.05, 0.1) is 5.56 Å². The lowest BCUT2D eigenvalue weighted by Gasteiger charge is -2.07. The van der Waals surface area contributed by atoms with E-state index in [0.29, 0.717) is 16.3 Å². The van der Waals surface area contributed by atoms with Crippen LogP contribution in [0, 0.1) is 0 Å². The molecule has 0 spiro atoms. The molecule has 0 radical (unpaired) electrons. The van der Waals surface area contributed by atoms with Crippen molar-refractivity contribution in [1.29, 1.82) is 0 Å². The van der Waals surface area contributed by atoms with Crippen molar-refractivity contribution in [2.24, 2.45) is 0 Å². The second kappa shape index (κ2) is 6.90. The summed E-state index contributed by atoms with van der Waals surface area (Å²) in [6.45, 7) is 1.58. The zero-order valence-corrected chi connectivity index (χ0v) is 12.2. The lowest BCUT2D eigenvalue weighted by molar-refractivity contribution is -0.114. The van der Waals surface area contributed by atoms with Gasteiger partial charge in [-0.2, -0.15) is 0 Å². The summed E-state index contributed by atoms with van der Waals surface area (Å²) in [5.41, 5.74) is 1.80. The highest BCUT2D eigenvalue weighted by Gasteiger charge is 2.08. The summed E-state index contributed by atoms with van der Waals surface area (Å²) in [5, 5.41) is 3.25. The first-order chi connectivity index (χ1) is 10.0. The van der Waals surface area contributed by atoms with E-state index in [0.717, 1.165) is 5.56 Å². The van der Waals surface area contributed by atoms with Crippen molar-refractivity contribution >= 4 is 29.2 Å². The lowest BCUT2D eigenvalue weighted by Crippen LogP contribution is -2.08. The molecule has 5 heteroatoms. The molecule has 2 aromatic carbocycles. The average Bonchev–Trinajstić information content (AvgIpc) is 2.46. The van der Waals surface area contributed by atoms with Gasteiger partial charge in [-0.1, -0.05) is 29.8 Å². The van der Waals surface area contributed by atoms with Gasteiger partial charge in [-0.3, -0.25) is 4.79 Å². The smallest absolute Gasteiger partial charge is 0.338 e. The zero-order chi connectivity index (χ0) is 15.2. The number of nitrogens with one attached hydrogen (secondary N) is 1. The molecule has 0 heterocycles. The van der Waals surface area contributed by atoms with Gasteiger partial charge in [0.25, 0.3) is 0 Å². The molecule has 0 aliphatic carbocycles. The van der Waals surface area contributed by atoms with Crippen LogP contribution in [0.15, 0.2) is 48.5 Å². The molecule has 0 fully saturated rings. The van der Waals surface area contributed by atoms with E-state index in [-0.39, 0.29) is 12.5 Å². The number of rotatable bonds is 4. The molecule has 0 saturated heterocycles. The Morgan fingerprint density at radius 3 is 2.52 bits per heavy atom. The van der Waals surface area contributed by atoms with E-state index in [2.05, 4.69) is 5.32 Å². The standard InChI is InChI=1S/C16H14ClNO3/c1-11(19)18-15-4-2-3-13(9-15)16(20)21-10-12-5-7-14(17)8-6-12/h2-9H,10H2,1H3,(H,18,19). The number of ether oxygens (including phenoxy) is 1. The van der Waals surface area contributed by atoms with Gasteiger partial charge in [0.15, 0.2) is 0 Å². The molecule has 108 valence electrons. The third kappa shape index (κ3) is 4.61. The van der Waals surface area contributed by atoms with E-state index >= 15 is 0 Å². The van der Waals surface area contributed by atoms with Crippen molar-refractivity contribution in [2.45, 2.75) is 13.5 Å². The molecule has 0 aliphatic heterocycles. The third-order valence-corrected chi connectivity index (χ3v) is 2.95. The largest absolute Gasteiger partial charge is 0.457 e. The first-order valence-corrected chi connectivity index (χ1v) is 6.71. The number of hydrogen-bond donors (Lipinski definition) is 1. The number of hydrogen-bond acceptors (Lipinski definition) is 3. The van der Waals surface area contributed by atoms with Gasteiger partial charge in [-0.05, 0) is 35.9 Å². The van der Waals surface area contributed by atoms with Crippen LogP contribution in [-0.4, -0.2) is 11.9 Å². The Bertz CT molecular complexity index is 653. The highest BCUT2D eigenvalue weighted by molar-refractivity contribution is 6.30. The second-order valence-corrected chi connectivity index (χ2v) is 4.90. The minimum absolute atomic E-state index is 0.167. The summed E-state index contributed by atoms with van der Waals surface area (Å²) < 4.78 is 5.22. The average molecular weight is 304 g/mol. The Balaban J connectivity index is 1.99. The molecule has 0 aromatic heterocycles. The van der Waals surface area contributed by atoms with E-state index in [1.54, 1.807) is 48.5 Å². The summed E-state index contributed by atoms with van der Waals surface area (Å²) in [5.74, 6) is -0.640. The summed E-state index contributed by atoms with van der Waals surface area (Å²) in [4.78, 5) is 23.0. The first-order valence-electron chi connectivity index (χ1n) is 6.34. The van der Waals surface area contributed by atoms with Gasteiger partial charge in [0, 0.05) is 17.6 Å². The maximum absolute atomic E-state index is 12.0. The number of benzene rings is 2. The quantitative estimate of drug-likeness (QED) is 0.877. The first kappa shape index (κ1) is 15.1. The Morgan fingerprint density at radius 2 is 1.86 bits per heavy atom. The van der Waals surface area contributed by atoms with Gasteiger partial charge in [-0.25, -0.2) is 4.79 Å². The molecule has 0 atom stereocenters. The summed E-state index contributed by atoms with van der Waals surface area (Å²) in [6, 6.07) is 13.7. The van der Waals surface area contributed by atoms with Crippen molar-refractivity contribution in [1.82, 2.24) is 0 Å². The zero-order valence-electron chi connectivity index (χ0n) is 11.4. The van der Waals surface area contributed by atoms with Crippen LogP contribution >= 0.6 is 11.6 Å². The molecule has 1 amide bonds. The number of anilines is 1. The van der Waals surface area contributed by atoms with Crippen LogP contribution in [0.4, 0.5) is 5.69 Å². The molecule has 0 unspecified atom stereocenters. The minimum Gasteiger partial charge on any atom is -0.457 e. The molecule has 2 aromatic rings. The Morgan fingerprint density at radius 1 is 1.14 bits per heavy atom. The van der Waals surface area contributed by atoms with Crippen molar-refractivity contribution < 1.29 is 14.3 Å². The lowest BCUT2D eigenvalue weighted by atomic mass is 10.2. The van der Waals surface area contributed by atoms with Gasteiger partial charge in [-0.15, -0.1) is 0 Å². The van der Waals surface area contributed by atoms with E-state index in [1.165, 1.54) is 6.92 Å². The molecule has 21 heavy (non-hydrogen) atoms. The predicted octanol–water partition coefficient (Wildman–Crippen LogP) is 3.66. The normalized spacial score (nSPS) is 10.0. The van der Waals surface area contributed by atoms with Gasteiger partial charge in [0.2, 0.25) is 5.91 Å². The van der Waals surface area contributed by atoms with Crippen LogP contribution in [0.25, 0.3) is 0 Å². The fourth-order valence-electron chi connectivity index (χ4n) is 1.74. The van der Waals surface area contributed by atoms with Crippen LogP contribution in [0.5, 0.6) is 0 Å². The Hall–Kier alpha value is -2.33. The van der Waals surface area contributed by atoms with E-state index in [9.17, 15) is 9.59 Å². The highest BCUT2D eigenvalue weighted by Crippen LogP contribution is 2.14. The SMILES string of the molecule is CC(=O)Nc1cccc(C(=O)OCc2ccc(Cl)cc2)c1. The molecular weight excluding hydrogens is 290 g/mol. The number of carbonyl (C=O) groups is 2. The topological polar surface area (TPSA) is 55.4 Å². The molecule has 0 aliphatic rings. The fraction of sp³-hybridized carbons (Fsp3) is 0.125. The number of halogens is 1. The predicted molar refractivity (Wildman–Crippen MR) is 81.3 cm³/mol. The molecule has 0 bridgehead atoms. The van der Waals surface area contributed by atoms with Gasteiger partial charge >= 0.3 is 5.97 Å². The van der Waals surface area contributed by atoms with Crippen LogP contribution < -0.4 is 5.32 Å². The fourth-order valence-corrected chi connectivity index (χ4v) is 1.87.